The fraction of sp³-hybridized carbons (Fsp3) is 0.320. The molecule has 42 heavy (non-hydrogen) atoms. The monoisotopic (exact) mass is 627 g/mol. The Bertz CT molecular complexity index is 1530. The lowest BCUT2D eigenvalue weighted by Gasteiger charge is -2.32. The number of nitrogens with two attached hydrogens (primary N) is 1. The number of alkyl halides is 3. The van der Waals surface area contributed by atoms with E-state index in [1.54, 1.807) is 24.3 Å². The van der Waals surface area contributed by atoms with E-state index < -0.39 is 43.9 Å². The van der Waals surface area contributed by atoms with Crippen LogP contribution in [0.25, 0.3) is 11.2 Å². The summed E-state index contributed by atoms with van der Waals surface area (Å²) in [7, 11) is 2.96. The van der Waals surface area contributed by atoms with Crippen LogP contribution in [0.5, 0.6) is 23.0 Å². The van der Waals surface area contributed by atoms with Gasteiger partial charge in [-0.05, 0) is 48.5 Å². The summed E-state index contributed by atoms with van der Waals surface area (Å²) in [5.74, 6) is 1.38. The Morgan fingerprint density at radius 2 is 1.55 bits per heavy atom. The summed E-state index contributed by atoms with van der Waals surface area (Å²) in [6.07, 6.45) is -7.70. The third kappa shape index (κ3) is 5.68. The standard InChI is InChI=1S/C25H25F3N5O7PS/c1-35-14-3-7-16(8-4-14)39-41(42,40-17-9-5-15(36-2)6-10-17)37-11-25(24(27)28)20(34)18(26)23(38-25)33-13-32-19-21(29)30-12-31-22(19)33/h3-10,12-13,18,20,23-24,34H,11H2,1-2H3,(H2,29,30,31)/t18-,20-,23+,25+/m0/s1. The van der Waals surface area contributed by atoms with E-state index in [2.05, 4.69) is 15.0 Å². The molecule has 0 radical (unpaired) electrons. The maximum absolute atomic E-state index is 15.5. The third-order valence-corrected chi connectivity index (χ3v) is 8.52. The summed E-state index contributed by atoms with van der Waals surface area (Å²) in [5.41, 5.74) is 3.03. The average Bonchev–Trinajstić information content (AvgIpc) is 3.53. The minimum atomic E-state index is -3.97. The van der Waals surface area contributed by atoms with Crippen LogP contribution in [0.1, 0.15) is 6.23 Å². The summed E-state index contributed by atoms with van der Waals surface area (Å²) in [5, 5.41) is 10.8. The number of nitrogens with zero attached hydrogens (tertiary/aromatic N) is 4. The fourth-order valence-corrected chi connectivity index (χ4v) is 6.13. The molecule has 2 aromatic carbocycles. The van der Waals surface area contributed by atoms with Crippen LogP contribution in [0.3, 0.4) is 0 Å². The van der Waals surface area contributed by atoms with Crippen LogP contribution < -0.4 is 24.3 Å². The fourth-order valence-electron chi connectivity index (χ4n) is 4.20. The Kier molecular flexibility index (Phi) is 8.44. The second-order valence-electron chi connectivity index (χ2n) is 8.99. The van der Waals surface area contributed by atoms with Crippen molar-refractivity contribution in [2.45, 2.75) is 30.5 Å². The van der Waals surface area contributed by atoms with Gasteiger partial charge in [0.1, 0.15) is 40.9 Å². The van der Waals surface area contributed by atoms with Gasteiger partial charge in [-0.3, -0.25) is 9.09 Å². The summed E-state index contributed by atoms with van der Waals surface area (Å²) >= 11 is 5.57. The minimum Gasteiger partial charge on any atom is -0.497 e. The second kappa shape index (κ2) is 11.9. The first-order valence-corrected chi connectivity index (χ1v) is 14.8. The van der Waals surface area contributed by atoms with Gasteiger partial charge in [0.05, 0.1) is 27.2 Å². The van der Waals surface area contributed by atoms with Crippen molar-refractivity contribution >= 4 is 35.5 Å². The molecular formula is C25H25F3N5O7PS. The van der Waals surface area contributed by atoms with Gasteiger partial charge < -0.3 is 34.1 Å². The number of rotatable bonds is 11. The number of anilines is 1. The summed E-state index contributed by atoms with van der Waals surface area (Å²) < 4.78 is 79.1. The summed E-state index contributed by atoms with van der Waals surface area (Å²) in [6.45, 7) is -5.07. The van der Waals surface area contributed by atoms with Crippen molar-refractivity contribution in [2.75, 3.05) is 26.6 Å². The molecule has 3 heterocycles. The molecule has 0 unspecified atom stereocenters. The van der Waals surface area contributed by atoms with Crippen LogP contribution in [-0.2, 0) is 21.1 Å². The molecule has 17 heteroatoms. The van der Waals surface area contributed by atoms with E-state index in [1.807, 2.05) is 0 Å². The highest BCUT2D eigenvalue weighted by Crippen LogP contribution is 2.53. The highest BCUT2D eigenvalue weighted by molar-refractivity contribution is 8.07. The van der Waals surface area contributed by atoms with Crippen LogP contribution >= 0.6 is 6.72 Å². The molecule has 3 N–H and O–H groups in total. The van der Waals surface area contributed by atoms with Gasteiger partial charge in [-0.25, -0.2) is 28.1 Å². The van der Waals surface area contributed by atoms with E-state index in [0.29, 0.717) is 11.5 Å². The van der Waals surface area contributed by atoms with Crippen molar-refractivity contribution < 1.29 is 46.1 Å². The second-order valence-corrected chi connectivity index (χ2v) is 11.8. The Morgan fingerprint density at radius 1 is 1.00 bits per heavy atom. The molecule has 2 aromatic heterocycles. The number of imidazole rings is 1. The van der Waals surface area contributed by atoms with Crippen molar-refractivity contribution in [3.05, 3.63) is 61.2 Å². The summed E-state index contributed by atoms with van der Waals surface area (Å²) in [4.78, 5) is 11.8. The highest BCUT2D eigenvalue weighted by Gasteiger charge is 2.62. The molecule has 0 saturated carbocycles. The predicted molar refractivity (Wildman–Crippen MR) is 147 cm³/mol. The first kappa shape index (κ1) is 29.8. The number of ether oxygens (including phenoxy) is 3. The maximum atomic E-state index is 15.5. The summed E-state index contributed by atoms with van der Waals surface area (Å²) in [6, 6.07) is 12.4. The molecule has 1 saturated heterocycles. The average molecular weight is 628 g/mol. The quantitative estimate of drug-likeness (QED) is 0.231. The van der Waals surface area contributed by atoms with Crippen LogP contribution in [0.15, 0.2) is 61.2 Å². The molecular weight excluding hydrogens is 602 g/mol. The van der Waals surface area contributed by atoms with Crippen molar-refractivity contribution in [3.63, 3.8) is 0 Å². The third-order valence-electron chi connectivity index (χ3n) is 6.45. The largest absolute Gasteiger partial charge is 0.497 e. The van der Waals surface area contributed by atoms with Crippen LogP contribution in [-0.4, -0.2) is 69.8 Å². The van der Waals surface area contributed by atoms with E-state index in [0.717, 1.165) is 17.2 Å². The number of benzene rings is 2. The van der Waals surface area contributed by atoms with E-state index in [1.165, 1.54) is 38.5 Å². The Hall–Kier alpha value is -3.69. The van der Waals surface area contributed by atoms with E-state index in [4.69, 9.17) is 45.3 Å². The topological polar surface area (TPSA) is 145 Å². The number of hydrogen-bond donors (Lipinski definition) is 2. The van der Waals surface area contributed by atoms with E-state index in [9.17, 15) is 13.9 Å². The van der Waals surface area contributed by atoms with Gasteiger partial charge >= 0.3 is 6.72 Å². The molecule has 0 aliphatic carbocycles. The number of halogens is 3. The number of hydrogen-bond acceptors (Lipinski definition) is 12. The zero-order chi connectivity index (χ0) is 30.1. The number of aromatic nitrogens is 4. The predicted octanol–water partition coefficient (Wildman–Crippen LogP) is 4.06. The Morgan fingerprint density at radius 3 is 2.07 bits per heavy atom. The molecule has 4 aromatic rings. The first-order chi connectivity index (χ1) is 20.1. The maximum Gasteiger partial charge on any atom is 0.435 e. The molecule has 1 aliphatic heterocycles. The van der Waals surface area contributed by atoms with Gasteiger partial charge in [0, 0.05) is 11.8 Å². The zero-order valence-electron chi connectivity index (χ0n) is 22.0. The molecule has 0 bridgehead atoms. The van der Waals surface area contributed by atoms with Gasteiger partial charge in [-0.2, -0.15) is 0 Å². The van der Waals surface area contributed by atoms with Gasteiger partial charge in [-0.1, -0.05) is 0 Å². The van der Waals surface area contributed by atoms with Crippen molar-refractivity contribution in [1.82, 2.24) is 19.5 Å². The number of nitrogen functional groups attached to an aromatic ring is 1. The number of fused-ring (bicyclic) bond motifs is 1. The lowest BCUT2D eigenvalue weighted by Crippen LogP contribution is -2.52. The lowest BCUT2D eigenvalue weighted by atomic mass is 9.97. The molecule has 0 spiro atoms. The molecule has 1 fully saturated rings. The zero-order valence-corrected chi connectivity index (χ0v) is 23.8. The molecule has 224 valence electrons. The smallest absolute Gasteiger partial charge is 0.435 e. The number of aliphatic hydroxyl groups excluding tert-OH is 1. The number of methoxy groups -OCH3 is 2. The molecule has 5 rings (SSSR count). The Balaban J connectivity index is 1.44. The van der Waals surface area contributed by atoms with Gasteiger partial charge in [0.2, 0.25) is 0 Å². The Labute approximate surface area is 242 Å². The van der Waals surface area contributed by atoms with Crippen molar-refractivity contribution in [3.8, 4) is 23.0 Å². The molecule has 4 atom stereocenters. The van der Waals surface area contributed by atoms with Crippen LogP contribution in [0.4, 0.5) is 19.0 Å². The van der Waals surface area contributed by atoms with E-state index in [-0.39, 0.29) is 28.5 Å². The SMILES string of the molecule is COc1ccc(OP(=S)(OC[C@@]2(C(F)F)O[C@@H](n3cnc4c(N)ncnc43)[C@@H](F)[C@@H]2O)Oc2ccc(OC)cc2)cc1. The van der Waals surface area contributed by atoms with Gasteiger partial charge in [0.25, 0.3) is 6.43 Å². The van der Waals surface area contributed by atoms with Gasteiger partial charge in [-0.15, -0.1) is 0 Å². The van der Waals surface area contributed by atoms with Crippen molar-refractivity contribution in [1.29, 1.82) is 0 Å². The minimum absolute atomic E-state index is 0.0109. The molecule has 12 nitrogen and oxygen atoms in total. The van der Waals surface area contributed by atoms with Crippen LogP contribution in [0.2, 0.25) is 0 Å². The number of aliphatic hydroxyl groups is 1. The first-order valence-electron chi connectivity index (χ1n) is 12.2. The van der Waals surface area contributed by atoms with Gasteiger partial charge in [0.15, 0.2) is 29.5 Å². The molecule has 1 aliphatic rings. The lowest BCUT2D eigenvalue weighted by molar-refractivity contribution is -0.191. The van der Waals surface area contributed by atoms with Crippen molar-refractivity contribution in [2.24, 2.45) is 0 Å². The highest BCUT2D eigenvalue weighted by atomic mass is 32.5. The van der Waals surface area contributed by atoms with Crippen LogP contribution in [0, 0.1) is 0 Å². The van der Waals surface area contributed by atoms with E-state index >= 15 is 4.39 Å². The normalized spacial score (nSPS) is 22.4. The molecule has 0 amide bonds.